The number of hydrogen-bond donors (Lipinski definition) is 1. The van der Waals surface area contributed by atoms with E-state index in [9.17, 15) is 13.2 Å². The van der Waals surface area contributed by atoms with Gasteiger partial charge in [-0.2, -0.15) is 4.31 Å². The Labute approximate surface area is 176 Å². The van der Waals surface area contributed by atoms with E-state index in [-0.39, 0.29) is 29.6 Å². The number of nitrogens with zero attached hydrogens (tertiary/aromatic N) is 1. The maximum Gasteiger partial charge on any atom is 0.252 e. The van der Waals surface area contributed by atoms with Crippen LogP contribution in [0.1, 0.15) is 29.5 Å². The Morgan fingerprint density at radius 2 is 1.90 bits per heavy atom. The first-order valence-corrected chi connectivity index (χ1v) is 11.6. The highest BCUT2D eigenvalue weighted by Crippen LogP contribution is 2.23. The highest BCUT2D eigenvalue weighted by atomic mass is 32.2. The maximum absolute atomic E-state index is 13.4. The minimum Gasteiger partial charge on any atom is -0.377 e. The zero-order valence-corrected chi connectivity index (χ0v) is 18.0. The van der Waals surface area contributed by atoms with E-state index in [1.54, 1.807) is 30.3 Å². The SMILES string of the molecule is Cc1ccc(S(=O)(=O)N(Cc2cc3cccc(C)c3[nH]c2=O)C[C@@H]2CCCO2)cc1. The molecule has 0 saturated carbocycles. The highest BCUT2D eigenvalue weighted by molar-refractivity contribution is 7.89. The second-order valence-corrected chi connectivity index (χ2v) is 9.85. The van der Waals surface area contributed by atoms with Crippen molar-refractivity contribution in [3.63, 3.8) is 0 Å². The molecule has 4 rings (SSSR count). The lowest BCUT2D eigenvalue weighted by molar-refractivity contribution is 0.0925. The number of sulfonamides is 1. The number of H-pyrrole nitrogens is 1. The van der Waals surface area contributed by atoms with E-state index in [0.717, 1.165) is 34.9 Å². The van der Waals surface area contributed by atoms with Gasteiger partial charge >= 0.3 is 0 Å². The Hall–Kier alpha value is -2.48. The smallest absolute Gasteiger partial charge is 0.252 e. The van der Waals surface area contributed by atoms with Crippen molar-refractivity contribution in [3.05, 3.63) is 75.6 Å². The number of aryl methyl sites for hydroxylation is 2. The van der Waals surface area contributed by atoms with Crippen molar-refractivity contribution in [2.75, 3.05) is 13.2 Å². The number of hydrogen-bond acceptors (Lipinski definition) is 4. The molecule has 0 aliphatic carbocycles. The monoisotopic (exact) mass is 426 g/mol. The Morgan fingerprint density at radius 3 is 2.60 bits per heavy atom. The van der Waals surface area contributed by atoms with Gasteiger partial charge in [-0.1, -0.05) is 35.9 Å². The van der Waals surface area contributed by atoms with Crippen molar-refractivity contribution >= 4 is 20.9 Å². The zero-order valence-electron chi connectivity index (χ0n) is 17.2. The van der Waals surface area contributed by atoms with Crippen LogP contribution in [0.15, 0.2) is 58.2 Å². The number of ether oxygens (including phenoxy) is 1. The van der Waals surface area contributed by atoms with Crippen molar-refractivity contribution < 1.29 is 13.2 Å². The molecule has 1 atom stereocenters. The van der Waals surface area contributed by atoms with E-state index in [1.165, 1.54) is 4.31 Å². The van der Waals surface area contributed by atoms with Gasteiger partial charge in [-0.3, -0.25) is 4.79 Å². The van der Waals surface area contributed by atoms with Crippen molar-refractivity contribution in [2.45, 2.75) is 44.2 Å². The van der Waals surface area contributed by atoms with E-state index >= 15 is 0 Å². The average Bonchev–Trinajstić information content (AvgIpc) is 3.22. The lowest BCUT2D eigenvalue weighted by atomic mass is 10.1. The molecule has 3 aromatic rings. The summed E-state index contributed by atoms with van der Waals surface area (Å²) < 4.78 is 33.9. The number of rotatable bonds is 6. The predicted octanol–water partition coefficient (Wildman–Crippen LogP) is 3.51. The molecule has 0 bridgehead atoms. The first kappa shape index (κ1) is 20.8. The topological polar surface area (TPSA) is 79.5 Å². The first-order valence-electron chi connectivity index (χ1n) is 10.1. The van der Waals surface area contributed by atoms with Crippen LogP contribution in [0.2, 0.25) is 0 Å². The van der Waals surface area contributed by atoms with E-state index in [1.807, 2.05) is 32.0 Å². The molecule has 30 heavy (non-hydrogen) atoms. The average molecular weight is 427 g/mol. The summed E-state index contributed by atoms with van der Waals surface area (Å²) in [6.07, 6.45) is 1.57. The Bertz CT molecular complexity index is 1210. The first-order chi connectivity index (χ1) is 14.3. The van der Waals surface area contributed by atoms with Gasteiger partial charge in [0, 0.05) is 25.3 Å². The molecule has 1 N–H and O–H groups in total. The quantitative estimate of drug-likeness (QED) is 0.654. The molecule has 1 fully saturated rings. The van der Waals surface area contributed by atoms with Crippen molar-refractivity contribution in [2.24, 2.45) is 0 Å². The molecule has 2 aromatic carbocycles. The Morgan fingerprint density at radius 1 is 1.13 bits per heavy atom. The fraction of sp³-hybridized carbons (Fsp3) is 0.348. The summed E-state index contributed by atoms with van der Waals surface area (Å²) in [5.74, 6) is 0. The molecule has 0 amide bonds. The normalized spacial score (nSPS) is 17.1. The number of fused-ring (bicyclic) bond motifs is 1. The van der Waals surface area contributed by atoms with Crippen LogP contribution in [0.3, 0.4) is 0 Å². The van der Waals surface area contributed by atoms with E-state index in [0.29, 0.717) is 12.2 Å². The number of benzene rings is 2. The summed E-state index contributed by atoms with van der Waals surface area (Å²) in [5, 5.41) is 0.884. The molecule has 6 nitrogen and oxygen atoms in total. The standard InChI is InChI=1S/C23H26N2O4S/c1-16-8-10-21(11-9-16)30(27,28)25(15-20-7-4-12-29-20)14-19-13-18-6-3-5-17(2)22(18)24-23(19)26/h3,5-6,8-11,13,20H,4,7,12,14-15H2,1-2H3,(H,24,26)/t20-/m0/s1. The molecule has 1 aliphatic heterocycles. The van der Waals surface area contributed by atoms with Crippen LogP contribution >= 0.6 is 0 Å². The van der Waals surface area contributed by atoms with E-state index in [2.05, 4.69) is 4.98 Å². The maximum atomic E-state index is 13.4. The number of aromatic nitrogens is 1. The van der Waals surface area contributed by atoms with Crippen LogP contribution in [0.25, 0.3) is 10.9 Å². The molecule has 1 aromatic heterocycles. The van der Waals surface area contributed by atoms with Crippen LogP contribution in [-0.4, -0.2) is 37.0 Å². The molecular weight excluding hydrogens is 400 g/mol. The minimum absolute atomic E-state index is 0.00468. The van der Waals surface area contributed by atoms with Crippen molar-refractivity contribution in [1.29, 1.82) is 0 Å². The van der Waals surface area contributed by atoms with Crippen LogP contribution in [0, 0.1) is 13.8 Å². The molecule has 0 radical (unpaired) electrons. The summed E-state index contributed by atoms with van der Waals surface area (Å²) in [7, 11) is -3.78. The Kier molecular flexibility index (Phi) is 5.77. The lowest BCUT2D eigenvalue weighted by Gasteiger charge is -2.25. The second kappa shape index (κ2) is 8.34. The largest absolute Gasteiger partial charge is 0.377 e. The predicted molar refractivity (Wildman–Crippen MR) is 117 cm³/mol. The fourth-order valence-electron chi connectivity index (χ4n) is 3.86. The van der Waals surface area contributed by atoms with Gasteiger partial charge in [-0.25, -0.2) is 8.42 Å². The third kappa shape index (κ3) is 4.19. The second-order valence-electron chi connectivity index (χ2n) is 7.91. The number of pyridine rings is 1. The molecule has 7 heteroatoms. The van der Waals surface area contributed by atoms with Gasteiger partial charge in [0.1, 0.15) is 0 Å². The van der Waals surface area contributed by atoms with Gasteiger partial charge in [0.05, 0.1) is 16.5 Å². The van der Waals surface area contributed by atoms with Gasteiger partial charge in [-0.05, 0) is 55.8 Å². The number of aromatic amines is 1. The molecule has 0 unspecified atom stereocenters. The van der Waals surface area contributed by atoms with Gasteiger partial charge in [0.2, 0.25) is 10.0 Å². The van der Waals surface area contributed by atoms with Crippen LogP contribution in [0.5, 0.6) is 0 Å². The minimum atomic E-state index is -3.78. The van der Waals surface area contributed by atoms with Gasteiger partial charge in [-0.15, -0.1) is 0 Å². The lowest BCUT2D eigenvalue weighted by Crippen LogP contribution is -2.38. The summed E-state index contributed by atoms with van der Waals surface area (Å²) in [6, 6.07) is 14.3. The summed E-state index contributed by atoms with van der Waals surface area (Å²) in [4.78, 5) is 15.9. The summed E-state index contributed by atoms with van der Waals surface area (Å²) in [5.41, 5.74) is 2.88. The summed E-state index contributed by atoms with van der Waals surface area (Å²) >= 11 is 0. The molecule has 2 heterocycles. The van der Waals surface area contributed by atoms with Gasteiger partial charge in [0.25, 0.3) is 5.56 Å². The van der Waals surface area contributed by atoms with Gasteiger partial charge < -0.3 is 9.72 Å². The number of nitrogens with one attached hydrogen (secondary N) is 1. The van der Waals surface area contributed by atoms with Crippen LogP contribution < -0.4 is 5.56 Å². The zero-order chi connectivity index (χ0) is 21.3. The van der Waals surface area contributed by atoms with Gasteiger partial charge in [0.15, 0.2) is 0 Å². The Balaban J connectivity index is 1.73. The fourth-order valence-corrected chi connectivity index (χ4v) is 5.31. The van der Waals surface area contributed by atoms with Crippen molar-refractivity contribution in [1.82, 2.24) is 9.29 Å². The highest BCUT2D eigenvalue weighted by Gasteiger charge is 2.30. The molecule has 0 spiro atoms. The van der Waals surface area contributed by atoms with Crippen LogP contribution in [-0.2, 0) is 21.3 Å². The molecule has 1 aliphatic rings. The molecular formula is C23H26N2O4S. The third-order valence-electron chi connectivity index (χ3n) is 5.60. The van der Waals surface area contributed by atoms with Crippen molar-refractivity contribution in [3.8, 4) is 0 Å². The number of para-hydroxylation sites is 1. The third-order valence-corrected chi connectivity index (χ3v) is 7.43. The van der Waals surface area contributed by atoms with E-state index in [4.69, 9.17) is 4.74 Å². The molecule has 1 saturated heterocycles. The summed E-state index contributed by atoms with van der Waals surface area (Å²) in [6.45, 7) is 4.70. The van der Waals surface area contributed by atoms with E-state index < -0.39 is 10.0 Å². The van der Waals surface area contributed by atoms with Crippen LogP contribution in [0.4, 0.5) is 0 Å². The molecule has 158 valence electrons.